The SMILES string of the molecule is Cl.N[C@@H](c1cc(C(F)(F)F)ccc1C(F)(F)F)[C@H](O)C1CCC1. The fourth-order valence-electron chi connectivity index (χ4n) is 2.53. The summed E-state index contributed by atoms with van der Waals surface area (Å²) in [7, 11) is 0. The molecule has 132 valence electrons. The Bertz CT molecular complexity index is 541. The van der Waals surface area contributed by atoms with Crippen LogP contribution in [0.1, 0.15) is 42.0 Å². The molecule has 1 aromatic rings. The van der Waals surface area contributed by atoms with Gasteiger partial charge in [0, 0.05) is 0 Å². The largest absolute Gasteiger partial charge is 0.416 e. The van der Waals surface area contributed by atoms with Gasteiger partial charge in [0.2, 0.25) is 0 Å². The van der Waals surface area contributed by atoms with Crippen LogP contribution in [0.5, 0.6) is 0 Å². The highest BCUT2D eigenvalue weighted by Gasteiger charge is 2.40. The summed E-state index contributed by atoms with van der Waals surface area (Å²) in [6, 6.07) is -0.389. The van der Waals surface area contributed by atoms with Gasteiger partial charge in [0.05, 0.1) is 23.3 Å². The molecule has 9 heteroatoms. The Kier molecular flexibility index (Phi) is 5.98. The van der Waals surface area contributed by atoms with Gasteiger partial charge >= 0.3 is 12.4 Å². The Morgan fingerprint density at radius 3 is 2.00 bits per heavy atom. The van der Waals surface area contributed by atoms with Gasteiger partial charge in [-0.25, -0.2) is 0 Å². The molecule has 0 bridgehead atoms. The minimum Gasteiger partial charge on any atom is -0.391 e. The molecule has 1 saturated carbocycles. The second-order valence-electron chi connectivity index (χ2n) is 5.50. The van der Waals surface area contributed by atoms with Crippen LogP contribution in [-0.2, 0) is 12.4 Å². The maximum absolute atomic E-state index is 13.0. The standard InChI is InChI=1S/C14H15F6NO.ClH/c15-13(16,17)8-4-5-10(14(18,19)20)9(6-8)11(21)12(22)7-2-1-3-7;/h4-7,11-12,22H,1-3,21H2;1H/t11-,12+;/m0./s1. The van der Waals surface area contributed by atoms with Crippen molar-refractivity contribution in [2.75, 3.05) is 0 Å². The van der Waals surface area contributed by atoms with E-state index in [0.29, 0.717) is 31.0 Å². The third-order valence-electron chi connectivity index (χ3n) is 4.04. The highest BCUT2D eigenvalue weighted by atomic mass is 35.5. The zero-order chi connectivity index (χ0) is 16.7. The highest BCUT2D eigenvalue weighted by Crippen LogP contribution is 2.41. The summed E-state index contributed by atoms with van der Waals surface area (Å²) in [5, 5.41) is 10.0. The predicted molar refractivity (Wildman–Crippen MR) is 74.0 cm³/mol. The molecular weight excluding hydrogens is 348 g/mol. The number of nitrogens with two attached hydrogens (primary N) is 1. The first-order chi connectivity index (χ1) is 10.0. The average molecular weight is 364 g/mol. The van der Waals surface area contributed by atoms with Gasteiger partial charge in [-0.15, -0.1) is 12.4 Å². The Morgan fingerprint density at radius 1 is 1.04 bits per heavy atom. The van der Waals surface area contributed by atoms with Crippen LogP contribution in [-0.4, -0.2) is 11.2 Å². The van der Waals surface area contributed by atoms with E-state index in [4.69, 9.17) is 5.73 Å². The smallest absolute Gasteiger partial charge is 0.391 e. The number of halogens is 7. The van der Waals surface area contributed by atoms with Crippen molar-refractivity contribution >= 4 is 12.4 Å². The van der Waals surface area contributed by atoms with Gasteiger partial charge in [-0.1, -0.05) is 6.42 Å². The fraction of sp³-hybridized carbons (Fsp3) is 0.571. The summed E-state index contributed by atoms with van der Waals surface area (Å²) in [5.74, 6) is -0.273. The van der Waals surface area contributed by atoms with Crippen LogP contribution in [0, 0.1) is 5.92 Å². The first kappa shape index (κ1) is 20.1. The Hall–Kier alpha value is -0.990. The van der Waals surface area contributed by atoms with Crippen LogP contribution in [0.3, 0.4) is 0 Å². The van der Waals surface area contributed by atoms with E-state index >= 15 is 0 Å². The Morgan fingerprint density at radius 2 is 1.61 bits per heavy atom. The van der Waals surface area contributed by atoms with Crippen molar-refractivity contribution in [3.63, 3.8) is 0 Å². The Balaban J connectivity index is 0.00000264. The minimum atomic E-state index is -4.84. The zero-order valence-corrected chi connectivity index (χ0v) is 12.6. The van der Waals surface area contributed by atoms with E-state index in [2.05, 4.69) is 0 Å². The number of aliphatic hydroxyl groups is 1. The topological polar surface area (TPSA) is 46.2 Å². The van der Waals surface area contributed by atoms with E-state index in [0.717, 1.165) is 6.42 Å². The second-order valence-corrected chi connectivity index (χ2v) is 5.50. The van der Waals surface area contributed by atoms with Gasteiger partial charge in [0.15, 0.2) is 0 Å². The molecule has 1 fully saturated rings. The van der Waals surface area contributed by atoms with Gasteiger partial charge in [-0.3, -0.25) is 0 Å². The third kappa shape index (κ3) is 4.30. The summed E-state index contributed by atoms with van der Waals surface area (Å²) in [6.07, 6.45) is -8.87. The predicted octanol–water partition coefficient (Wildman–Crippen LogP) is 4.31. The van der Waals surface area contributed by atoms with Gasteiger partial charge in [0.25, 0.3) is 0 Å². The molecule has 0 spiro atoms. The van der Waals surface area contributed by atoms with Crippen molar-refractivity contribution in [1.82, 2.24) is 0 Å². The van der Waals surface area contributed by atoms with Crippen molar-refractivity contribution in [2.24, 2.45) is 11.7 Å². The van der Waals surface area contributed by atoms with E-state index in [1.54, 1.807) is 0 Å². The van der Waals surface area contributed by atoms with Crippen LogP contribution in [0.4, 0.5) is 26.3 Å². The second kappa shape index (κ2) is 6.86. The van der Waals surface area contributed by atoms with Gasteiger partial charge < -0.3 is 10.8 Å². The van der Waals surface area contributed by atoms with E-state index in [-0.39, 0.29) is 18.3 Å². The number of alkyl halides is 6. The molecule has 1 aliphatic carbocycles. The van der Waals surface area contributed by atoms with Crippen molar-refractivity contribution < 1.29 is 31.4 Å². The van der Waals surface area contributed by atoms with E-state index in [1.165, 1.54) is 0 Å². The normalized spacial score (nSPS) is 18.8. The molecule has 1 aliphatic rings. The Labute approximate surface area is 135 Å². The molecule has 2 nitrogen and oxygen atoms in total. The lowest BCUT2D eigenvalue weighted by Crippen LogP contribution is -2.37. The zero-order valence-electron chi connectivity index (χ0n) is 11.8. The maximum atomic E-state index is 13.0. The summed E-state index contributed by atoms with van der Waals surface area (Å²) in [5.41, 5.74) is 2.46. The van der Waals surface area contributed by atoms with E-state index in [1.807, 2.05) is 0 Å². The molecule has 0 aliphatic heterocycles. The van der Waals surface area contributed by atoms with Crippen LogP contribution in [0.2, 0.25) is 0 Å². The molecule has 2 rings (SSSR count). The van der Waals surface area contributed by atoms with Crippen LogP contribution >= 0.6 is 12.4 Å². The van der Waals surface area contributed by atoms with Crippen LogP contribution < -0.4 is 5.73 Å². The van der Waals surface area contributed by atoms with E-state index in [9.17, 15) is 31.4 Å². The molecule has 0 heterocycles. The number of hydrogen-bond donors (Lipinski definition) is 2. The molecule has 1 aromatic carbocycles. The van der Waals surface area contributed by atoms with Crippen molar-refractivity contribution in [1.29, 1.82) is 0 Å². The molecule has 2 atom stereocenters. The van der Waals surface area contributed by atoms with Gasteiger partial charge in [0.1, 0.15) is 0 Å². The molecule has 0 aromatic heterocycles. The summed E-state index contributed by atoms with van der Waals surface area (Å²) in [6.45, 7) is 0. The summed E-state index contributed by atoms with van der Waals surface area (Å²) >= 11 is 0. The number of rotatable bonds is 3. The molecule has 0 radical (unpaired) electrons. The molecule has 3 N–H and O–H groups in total. The maximum Gasteiger partial charge on any atom is 0.416 e. The third-order valence-corrected chi connectivity index (χ3v) is 4.04. The lowest BCUT2D eigenvalue weighted by atomic mass is 9.77. The molecule has 0 saturated heterocycles. The first-order valence-corrected chi connectivity index (χ1v) is 6.74. The average Bonchev–Trinajstić information content (AvgIpc) is 2.32. The quantitative estimate of drug-likeness (QED) is 0.786. The fourth-order valence-corrected chi connectivity index (χ4v) is 2.53. The van der Waals surface area contributed by atoms with Crippen molar-refractivity contribution in [3.8, 4) is 0 Å². The van der Waals surface area contributed by atoms with Crippen molar-refractivity contribution in [3.05, 3.63) is 34.9 Å². The van der Waals surface area contributed by atoms with Gasteiger partial charge in [-0.05, 0) is 42.5 Å². The highest BCUT2D eigenvalue weighted by molar-refractivity contribution is 5.85. The van der Waals surface area contributed by atoms with Crippen LogP contribution in [0.15, 0.2) is 18.2 Å². The van der Waals surface area contributed by atoms with E-state index < -0.39 is 41.2 Å². The molecule has 0 amide bonds. The first-order valence-electron chi connectivity index (χ1n) is 6.74. The lowest BCUT2D eigenvalue weighted by Gasteiger charge is -2.34. The summed E-state index contributed by atoms with van der Waals surface area (Å²) in [4.78, 5) is 0. The van der Waals surface area contributed by atoms with Crippen LogP contribution in [0.25, 0.3) is 0 Å². The van der Waals surface area contributed by atoms with Gasteiger partial charge in [-0.2, -0.15) is 26.3 Å². The van der Waals surface area contributed by atoms with Crippen molar-refractivity contribution in [2.45, 2.75) is 43.8 Å². The number of benzene rings is 1. The lowest BCUT2D eigenvalue weighted by molar-refractivity contribution is -0.142. The molecular formula is C14H16ClF6NO. The number of hydrogen-bond acceptors (Lipinski definition) is 2. The minimum absolute atomic E-state index is 0. The summed E-state index contributed by atoms with van der Waals surface area (Å²) < 4.78 is 77.1. The monoisotopic (exact) mass is 363 g/mol. The number of aliphatic hydroxyl groups excluding tert-OH is 1. The molecule has 0 unspecified atom stereocenters. The molecule has 23 heavy (non-hydrogen) atoms.